The van der Waals surface area contributed by atoms with Gasteiger partial charge in [-0.3, -0.25) is 4.90 Å². The Bertz CT molecular complexity index is 311. The standard InChI is InChI=1S/C13H21NO2/c1-4-14(5-2)12(10-15)11-8-6-7-9-13(11)16-3/h6-9,12,15H,4-5,10H2,1-3H3. The van der Waals surface area contributed by atoms with Crippen molar-refractivity contribution in [3.8, 4) is 5.75 Å². The van der Waals surface area contributed by atoms with Crippen LogP contribution in [0.2, 0.25) is 0 Å². The minimum absolute atomic E-state index is 0.0196. The zero-order chi connectivity index (χ0) is 12.0. The van der Waals surface area contributed by atoms with E-state index in [1.807, 2.05) is 24.3 Å². The first-order valence-electron chi connectivity index (χ1n) is 5.76. The summed E-state index contributed by atoms with van der Waals surface area (Å²) in [4.78, 5) is 2.22. The van der Waals surface area contributed by atoms with E-state index in [0.29, 0.717) is 0 Å². The zero-order valence-corrected chi connectivity index (χ0v) is 10.3. The molecule has 0 aliphatic carbocycles. The van der Waals surface area contributed by atoms with Gasteiger partial charge >= 0.3 is 0 Å². The van der Waals surface area contributed by atoms with Crippen molar-refractivity contribution in [2.75, 3.05) is 26.8 Å². The summed E-state index contributed by atoms with van der Waals surface area (Å²) in [5.74, 6) is 0.841. The molecule has 1 aromatic rings. The molecule has 1 N–H and O–H groups in total. The molecule has 90 valence electrons. The largest absolute Gasteiger partial charge is 0.496 e. The lowest BCUT2D eigenvalue weighted by Crippen LogP contribution is -2.31. The molecule has 0 saturated heterocycles. The summed E-state index contributed by atoms with van der Waals surface area (Å²) in [6.07, 6.45) is 0. The monoisotopic (exact) mass is 223 g/mol. The van der Waals surface area contributed by atoms with E-state index in [2.05, 4.69) is 18.7 Å². The van der Waals surface area contributed by atoms with Crippen molar-refractivity contribution in [1.29, 1.82) is 0 Å². The van der Waals surface area contributed by atoms with Gasteiger partial charge in [0, 0.05) is 5.56 Å². The molecule has 16 heavy (non-hydrogen) atoms. The first-order valence-corrected chi connectivity index (χ1v) is 5.76. The highest BCUT2D eigenvalue weighted by atomic mass is 16.5. The Morgan fingerprint density at radius 2 is 1.88 bits per heavy atom. The SMILES string of the molecule is CCN(CC)C(CO)c1ccccc1OC. The van der Waals surface area contributed by atoms with Crippen LogP contribution < -0.4 is 4.74 Å². The lowest BCUT2D eigenvalue weighted by molar-refractivity contribution is 0.131. The highest BCUT2D eigenvalue weighted by Gasteiger charge is 2.19. The van der Waals surface area contributed by atoms with Gasteiger partial charge in [-0.25, -0.2) is 0 Å². The van der Waals surface area contributed by atoms with Crippen molar-refractivity contribution in [3.05, 3.63) is 29.8 Å². The average Bonchev–Trinajstić information content (AvgIpc) is 2.35. The molecule has 0 fully saturated rings. The molecule has 3 heteroatoms. The average molecular weight is 223 g/mol. The first kappa shape index (κ1) is 13.0. The molecule has 1 rings (SSSR count). The summed E-state index contributed by atoms with van der Waals surface area (Å²) >= 11 is 0. The first-order chi connectivity index (χ1) is 7.78. The van der Waals surface area contributed by atoms with Gasteiger partial charge in [-0.05, 0) is 19.2 Å². The molecule has 0 amide bonds. The third-order valence-corrected chi connectivity index (χ3v) is 2.92. The Kier molecular flexibility index (Phi) is 5.29. The van der Waals surface area contributed by atoms with Gasteiger partial charge in [0.05, 0.1) is 19.8 Å². The quantitative estimate of drug-likeness (QED) is 0.801. The second kappa shape index (κ2) is 6.51. The van der Waals surface area contributed by atoms with E-state index in [1.54, 1.807) is 7.11 Å². The summed E-state index contributed by atoms with van der Waals surface area (Å²) in [5, 5.41) is 9.53. The van der Waals surface area contributed by atoms with Gasteiger partial charge in [0.1, 0.15) is 5.75 Å². The number of para-hydroxylation sites is 1. The van der Waals surface area contributed by atoms with Gasteiger partial charge in [0.15, 0.2) is 0 Å². The topological polar surface area (TPSA) is 32.7 Å². The number of methoxy groups -OCH3 is 1. The molecule has 1 unspecified atom stereocenters. The van der Waals surface area contributed by atoms with E-state index in [4.69, 9.17) is 4.74 Å². The summed E-state index contributed by atoms with van der Waals surface area (Å²) in [7, 11) is 1.66. The van der Waals surface area contributed by atoms with E-state index in [1.165, 1.54) is 0 Å². The van der Waals surface area contributed by atoms with Gasteiger partial charge in [0.2, 0.25) is 0 Å². The van der Waals surface area contributed by atoms with Crippen LogP contribution in [0.5, 0.6) is 5.75 Å². The van der Waals surface area contributed by atoms with Crippen LogP contribution in [0.25, 0.3) is 0 Å². The number of likely N-dealkylation sites (N-methyl/N-ethyl adjacent to an activating group) is 1. The fraction of sp³-hybridized carbons (Fsp3) is 0.538. The maximum atomic E-state index is 9.53. The van der Waals surface area contributed by atoms with E-state index < -0.39 is 0 Å². The van der Waals surface area contributed by atoms with Crippen molar-refractivity contribution in [2.24, 2.45) is 0 Å². The third-order valence-electron chi connectivity index (χ3n) is 2.92. The number of aliphatic hydroxyl groups excluding tert-OH is 1. The van der Waals surface area contributed by atoms with E-state index in [0.717, 1.165) is 24.4 Å². The van der Waals surface area contributed by atoms with Crippen LogP contribution in [-0.4, -0.2) is 36.8 Å². The van der Waals surface area contributed by atoms with E-state index in [9.17, 15) is 5.11 Å². The molecule has 0 saturated carbocycles. The molecule has 0 aromatic heterocycles. The molecule has 0 heterocycles. The normalized spacial score (nSPS) is 12.8. The Labute approximate surface area is 97.7 Å². The van der Waals surface area contributed by atoms with Crippen LogP contribution in [0.1, 0.15) is 25.5 Å². The molecule has 1 atom stereocenters. The maximum absolute atomic E-state index is 9.53. The molecule has 0 aliphatic rings. The molecule has 0 spiro atoms. The lowest BCUT2D eigenvalue weighted by Gasteiger charge is -2.29. The summed E-state index contributed by atoms with van der Waals surface area (Å²) < 4.78 is 5.33. The van der Waals surface area contributed by atoms with E-state index >= 15 is 0 Å². The van der Waals surface area contributed by atoms with Crippen molar-refractivity contribution >= 4 is 0 Å². The molecular formula is C13H21NO2. The molecule has 0 radical (unpaired) electrons. The minimum Gasteiger partial charge on any atom is -0.496 e. The fourth-order valence-corrected chi connectivity index (χ4v) is 2.02. The Hall–Kier alpha value is -1.06. The summed E-state index contributed by atoms with van der Waals surface area (Å²) in [6, 6.07) is 7.88. The number of rotatable bonds is 6. The lowest BCUT2D eigenvalue weighted by atomic mass is 10.0. The molecular weight excluding hydrogens is 202 g/mol. The van der Waals surface area contributed by atoms with E-state index in [-0.39, 0.29) is 12.6 Å². The Morgan fingerprint density at radius 3 is 2.38 bits per heavy atom. The van der Waals surface area contributed by atoms with Crippen LogP contribution in [0.15, 0.2) is 24.3 Å². The van der Waals surface area contributed by atoms with Crippen LogP contribution in [-0.2, 0) is 0 Å². The number of aliphatic hydroxyl groups is 1. The summed E-state index contributed by atoms with van der Waals surface area (Å²) in [5.41, 5.74) is 1.05. The Balaban J connectivity index is 3.02. The molecule has 3 nitrogen and oxygen atoms in total. The van der Waals surface area contributed by atoms with Gasteiger partial charge < -0.3 is 9.84 Å². The Morgan fingerprint density at radius 1 is 1.25 bits per heavy atom. The van der Waals surface area contributed by atoms with Crippen molar-refractivity contribution in [1.82, 2.24) is 4.90 Å². The number of hydrogen-bond donors (Lipinski definition) is 1. The number of benzene rings is 1. The van der Waals surface area contributed by atoms with Gasteiger partial charge in [-0.2, -0.15) is 0 Å². The van der Waals surface area contributed by atoms with Crippen molar-refractivity contribution in [2.45, 2.75) is 19.9 Å². The highest BCUT2D eigenvalue weighted by molar-refractivity contribution is 5.36. The smallest absolute Gasteiger partial charge is 0.123 e. The zero-order valence-electron chi connectivity index (χ0n) is 10.3. The molecule has 0 bridgehead atoms. The number of hydrogen-bond acceptors (Lipinski definition) is 3. The third kappa shape index (κ3) is 2.74. The van der Waals surface area contributed by atoms with Crippen LogP contribution >= 0.6 is 0 Å². The van der Waals surface area contributed by atoms with Crippen LogP contribution in [0.3, 0.4) is 0 Å². The summed E-state index contributed by atoms with van der Waals surface area (Å²) in [6.45, 7) is 6.14. The molecule has 1 aromatic carbocycles. The van der Waals surface area contributed by atoms with Gasteiger partial charge in [-0.1, -0.05) is 32.0 Å². The van der Waals surface area contributed by atoms with Crippen molar-refractivity contribution in [3.63, 3.8) is 0 Å². The second-order valence-corrected chi connectivity index (χ2v) is 3.66. The number of ether oxygens (including phenoxy) is 1. The number of nitrogens with zero attached hydrogens (tertiary/aromatic N) is 1. The maximum Gasteiger partial charge on any atom is 0.123 e. The highest BCUT2D eigenvalue weighted by Crippen LogP contribution is 2.28. The fourth-order valence-electron chi connectivity index (χ4n) is 2.02. The predicted octanol–water partition coefficient (Wildman–Crippen LogP) is 2.07. The minimum atomic E-state index is 0.0196. The van der Waals surface area contributed by atoms with Gasteiger partial charge in [0.25, 0.3) is 0 Å². The van der Waals surface area contributed by atoms with Crippen LogP contribution in [0.4, 0.5) is 0 Å². The van der Waals surface area contributed by atoms with Gasteiger partial charge in [-0.15, -0.1) is 0 Å². The predicted molar refractivity (Wildman–Crippen MR) is 65.7 cm³/mol. The second-order valence-electron chi connectivity index (χ2n) is 3.66. The molecule has 0 aliphatic heterocycles. The van der Waals surface area contributed by atoms with Crippen LogP contribution in [0, 0.1) is 0 Å². The van der Waals surface area contributed by atoms with Crippen molar-refractivity contribution < 1.29 is 9.84 Å².